The van der Waals surface area contributed by atoms with Gasteiger partial charge in [-0.3, -0.25) is 4.79 Å². The minimum atomic E-state index is -3.53. The number of rotatable bonds is 9. The van der Waals surface area contributed by atoms with E-state index in [-0.39, 0.29) is 17.4 Å². The van der Waals surface area contributed by atoms with Gasteiger partial charge in [-0.05, 0) is 42.0 Å². The second-order valence-corrected chi connectivity index (χ2v) is 9.39. The maximum absolute atomic E-state index is 12.7. The molecule has 0 saturated heterocycles. The highest BCUT2D eigenvalue weighted by Crippen LogP contribution is 2.18. The van der Waals surface area contributed by atoms with Crippen LogP contribution in [0.2, 0.25) is 0 Å². The van der Waals surface area contributed by atoms with E-state index in [0.717, 1.165) is 10.4 Å². The molecule has 0 aliphatic rings. The third kappa shape index (κ3) is 6.46. The fourth-order valence-corrected chi connectivity index (χ4v) is 3.66. The van der Waals surface area contributed by atoms with E-state index in [4.69, 9.17) is 4.18 Å². The summed E-state index contributed by atoms with van der Waals surface area (Å²) in [6.45, 7) is 6.86. The van der Waals surface area contributed by atoms with Gasteiger partial charge in [0.1, 0.15) is 5.75 Å². The van der Waals surface area contributed by atoms with Crippen LogP contribution in [0.25, 0.3) is 0 Å². The van der Waals surface area contributed by atoms with Gasteiger partial charge in [-0.2, -0.15) is 8.42 Å². The Kier molecular flexibility index (Phi) is 7.23. The zero-order chi connectivity index (χ0) is 19.2. The second kappa shape index (κ2) is 9.19. The first-order chi connectivity index (χ1) is 12.3. The smallest absolute Gasteiger partial charge is 0.308 e. The van der Waals surface area contributed by atoms with Crippen LogP contribution in [0, 0.1) is 5.92 Å². The number of carbonyl (C=O) groups is 1. The van der Waals surface area contributed by atoms with Crippen molar-refractivity contribution in [1.29, 1.82) is 0 Å². The summed E-state index contributed by atoms with van der Waals surface area (Å²) in [6, 6.07) is 10.8. The molecule has 5 nitrogen and oxygen atoms in total. The predicted octanol–water partition coefficient (Wildman–Crippen LogP) is 3.70. The average Bonchev–Trinajstić information content (AvgIpc) is 3.08. The number of hydrogen-bond acceptors (Lipinski definition) is 5. The third-order valence-electron chi connectivity index (χ3n) is 3.72. The second-order valence-electron chi connectivity index (χ2n) is 6.50. The molecule has 0 aliphatic carbocycles. The Morgan fingerprint density at radius 1 is 1.19 bits per heavy atom. The van der Waals surface area contributed by atoms with Crippen molar-refractivity contribution in [2.45, 2.75) is 33.7 Å². The van der Waals surface area contributed by atoms with Gasteiger partial charge in [-0.15, -0.1) is 11.3 Å². The Labute approximate surface area is 159 Å². The highest BCUT2D eigenvalue weighted by molar-refractivity contribution is 7.87. The molecule has 0 N–H and O–H groups in total. The molecule has 2 rings (SSSR count). The van der Waals surface area contributed by atoms with Gasteiger partial charge in [0.2, 0.25) is 5.91 Å². The van der Waals surface area contributed by atoms with Crippen molar-refractivity contribution < 1.29 is 17.4 Å². The summed E-state index contributed by atoms with van der Waals surface area (Å²) in [6.07, 6.45) is 0.403. The van der Waals surface area contributed by atoms with Crippen LogP contribution in [0.4, 0.5) is 0 Å². The van der Waals surface area contributed by atoms with Crippen LogP contribution in [-0.2, 0) is 27.9 Å². The average molecular weight is 396 g/mol. The van der Waals surface area contributed by atoms with Crippen LogP contribution in [-0.4, -0.2) is 31.5 Å². The van der Waals surface area contributed by atoms with Crippen molar-refractivity contribution in [3.05, 3.63) is 52.2 Å². The summed E-state index contributed by atoms with van der Waals surface area (Å²) in [5.74, 6) is 0.666. The number of thiophene rings is 1. The summed E-state index contributed by atoms with van der Waals surface area (Å²) in [4.78, 5) is 15.6. The highest BCUT2D eigenvalue weighted by Gasteiger charge is 2.17. The van der Waals surface area contributed by atoms with Crippen LogP contribution in [0.3, 0.4) is 0 Å². The molecule has 0 fully saturated rings. The SMILES string of the molecule is CCS(=O)(=O)Oc1ccc(CN(CC(C)C)C(=O)Cc2cccs2)cc1. The first-order valence-electron chi connectivity index (χ1n) is 8.60. The van der Waals surface area contributed by atoms with Gasteiger partial charge in [0.25, 0.3) is 0 Å². The van der Waals surface area contributed by atoms with E-state index in [9.17, 15) is 13.2 Å². The lowest BCUT2D eigenvalue weighted by molar-refractivity contribution is -0.131. The standard InChI is InChI=1S/C19H25NO4S2/c1-4-26(22,23)24-17-9-7-16(8-10-17)14-20(13-15(2)3)19(21)12-18-6-5-11-25-18/h5-11,15H,4,12-14H2,1-3H3. The Balaban J connectivity index is 2.06. The van der Waals surface area contributed by atoms with Gasteiger partial charge in [-0.25, -0.2) is 0 Å². The van der Waals surface area contributed by atoms with Crippen molar-refractivity contribution in [2.75, 3.05) is 12.3 Å². The van der Waals surface area contributed by atoms with Crippen molar-refractivity contribution in [2.24, 2.45) is 5.92 Å². The number of nitrogens with zero attached hydrogens (tertiary/aromatic N) is 1. The Hall–Kier alpha value is -1.86. The fourth-order valence-electron chi connectivity index (χ4n) is 2.45. The molecule has 1 aromatic carbocycles. The summed E-state index contributed by atoms with van der Waals surface area (Å²) >= 11 is 1.58. The van der Waals surface area contributed by atoms with Crippen LogP contribution < -0.4 is 4.18 Å². The van der Waals surface area contributed by atoms with E-state index >= 15 is 0 Å². The van der Waals surface area contributed by atoms with Gasteiger partial charge in [-0.1, -0.05) is 32.0 Å². The summed E-state index contributed by atoms with van der Waals surface area (Å²) in [7, 11) is -3.53. The molecule has 0 atom stereocenters. The normalized spacial score (nSPS) is 11.5. The predicted molar refractivity (Wildman–Crippen MR) is 105 cm³/mol. The molecule has 1 amide bonds. The molecule has 0 radical (unpaired) electrons. The first kappa shape index (κ1) is 20.5. The largest absolute Gasteiger partial charge is 0.382 e. The molecule has 1 aromatic heterocycles. The van der Waals surface area contributed by atoms with Crippen LogP contribution in [0.1, 0.15) is 31.2 Å². The monoisotopic (exact) mass is 395 g/mol. The minimum absolute atomic E-state index is 0.0753. The van der Waals surface area contributed by atoms with Crippen LogP contribution in [0.15, 0.2) is 41.8 Å². The number of carbonyl (C=O) groups excluding carboxylic acids is 1. The van der Waals surface area contributed by atoms with E-state index in [1.54, 1.807) is 35.6 Å². The molecule has 0 saturated carbocycles. The molecule has 0 unspecified atom stereocenters. The zero-order valence-corrected chi connectivity index (χ0v) is 17.0. The number of hydrogen-bond donors (Lipinski definition) is 0. The van der Waals surface area contributed by atoms with Gasteiger partial charge < -0.3 is 9.08 Å². The molecule has 1 heterocycles. The lowest BCUT2D eigenvalue weighted by Crippen LogP contribution is -2.34. The molecule has 0 spiro atoms. The van der Waals surface area contributed by atoms with Crippen molar-refractivity contribution in [3.63, 3.8) is 0 Å². The van der Waals surface area contributed by atoms with Crippen molar-refractivity contribution >= 4 is 27.4 Å². The van der Waals surface area contributed by atoms with Gasteiger partial charge in [0.15, 0.2) is 0 Å². The van der Waals surface area contributed by atoms with Crippen LogP contribution in [0.5, 0.6) is 5.75 Å². The molecule has 142 valence electrons. The van der Waals surface area contributed by atoms with E-state index < -0.39 is 10.1 Å². The lowest BCUT2D eigenvalue weighted by atomic mass is 10.1. The van der Waals surface area contributed by atoms with E-state index in [0.29, 0.717) is 25.4 Å². The molecule has 0 aliphatic heterocycles. The number of amides is 1. The highest BCUT2D eigenvalue weighted by atomic mass is 32.2. The summed E-state index contributed by atoms with van der Waals surface area (Å²) in [5.41, 5.74) is 0.937. The molecule has 7 heteroatoms. The van der Waals surface area contributed by atoms with Gasteiger partial charge in [0.05, 0.1) is 12.2 Å². The Bertz CT molecular complexity index is 797. The Morgan fingerprint density at radius 3 is 2.42 bits per heavy atom. The maximum Gasteiger partial charge on any atom is 0.308 e. The van der Waals surface area contributed by atoms with Gasteiger partial charge in [0, 0.05) is 18.0 Å². The summed E-state index contributed by atoms with van der Waals surface area (Å²) in [5, 5.41) is 1.97. The number of benzene rings is 1. The molecule has 0 bridgehead atoms. The first-order valence-corrected chi connectivity index (χ1v) is 11.1. The fraction of sp³-hybridized carbons (Fsp3) is 0.421. The lowest BCUT2D eigenvalue weighted by Gasteiger charge is -2.25. The van der Waals surface area contributed by atoms with E-state index in [2.05, 4.69) is 13.8 Å². The maximum atomic E-state index is 12.7. The van der Waals surface area contributed by atoms with Crippen molar-refractivity contribution in [1.82, 2.24) is 4.90 Å². The molecular weight excluding hydrogens is 370 g/mol. The molecule has 2 aromatic rings. The zero-order valence-electron chi connectivity index (χ0n) is 15.3. The molecule has 26 heavy (non-hydrogen) atoms. The Morgan fingerprint density at radius 2 is 1.88 bits per heavy atom. The third-order valence-corrected chi connectivity index (χ3v) is 5.75. The van der Waals surface area contributed by atoms with Gasteiger partial charge >= 0.3 is 10.1 Å². The topological polar surface area (TPSA) is 63.7 Å². The van der Waals surface area contributed by atoms with E-state index in [1.807, 2.05) is 22.4 Å². The van der Waals surface area contributed by atoms with Crippen LogP contribution >= 0.6 is 11.3 Å². The quantitative estimate of drug-likeness (QED) is 0.607. The summed E-state index contributed by atoms with van der Waals surface area (Å²) < 4.78 is 28.0. The van der Waals surface area contributed by atoms with Crippen molar-refractivity contribution in [3.8, 4) is 5.75 Å². The minimum Gasteiger partial charge on any atom is -0.382 e. The molecular formula is C19H25NO4S2. The van der Waals surface area contributed by atoms with E-state index in [1.165, 1.54) is 6.92 Å².